The normalized spacial score (nSPS) is 12.6. The zero-order valence-electron chi connectivity index (χ0n) is 18.3. The van der Waals surface area contributed by atoms with Crippen LogP contribution in [0, 0.1) is 5.92 Å². The minimum absolute atomic E-state index is 0. The number of aliphatic imine (C=N–C) groups is 1. The van der Waals surface area contributed by atoms with Gasteiger partial charge in [0.25, 0.3) is 0 Å². The van der Waals surface area contributed by atoms with Crippen molar-refractivity contribution in [2.24, 2.45) is 10.9 Å². The van der Waals surface area contributed by atoms with Crippen LogP contribution in [0.15, 0.2) is 29.3 Å². The molecule has 0 amide bonds. The maximum absolute atomic E-state index is 5.80. The Hall–Kier alpha value is -1.06. The maximum Gasteiger partial charge on any atom is 0.191 e. The van der Waals surface area contributed by atoms with Gasteiger partial charge in [-0.2, -0.15) is 0 Å². The smallest absolute Gasteiger partial charge is 0.191 e. The Morgan fingerprint density at radius 3 is 2.57 bits per heavy atom. The molecule has 0 aromatic heterocycles. The van der Waals surface area contributed by atoms with Crippen LogP contribution in [-0.2, 0) is 11.3 Å². The number of likely N-dealkylation sites (N-methyl/N-ethyl adjacent to an activating group) is 1. The Labute approximate surface area is 188 Å². The minimum atomic E-state index is 0. The first-order valence-corrected chi connectivity index (χ1v) is 9.88. The topological polar surface area (TPSA) is 58.1 Å². The van der Waals surface area contributed by atoms with E-state index in [2.05, 4.69) is 46.5 Å². The van der Waals surface area contributed by atoms with Crippen LogP contribution in [0.1, 0.15) is 32.8 Å². The number of guanidine groups is 1. The monoisotopic (exact) mass is 506 g/mol. The molecule has 1 rings (SSSR count). The largest absolute Gasteiger partial charge is 0.492 e. The number of hydrogen-bond acceptors (Lipinski definition) is 4. The lowest BCUT2D eigenvalue weighted by atomic mass is 10.0. The summed E-state index contributed by atoms with van der Waals surface area (Å²) >= 11 is 0. The van der Waals surface area contributed by atoms with Gasteiger partial charge >= 0.3 is 0 Å². The van der Waals surface area contributed by atoms with Crippen LogP contribution in [0.25, 0.3) is 0 Å². The molecule has 6 nitrogen and oxygen atoms in total. The summed E-state index contributed by atoms with van der Waals surface area (Å²) in [4.78, 5) is 6.41. The van der Waals surface area contributed by atoms with Gasteiger partial charge in [-0.3, -0.25) is 4.99 Å². The van der Waals surface area contributed by atoms with Gasteiger partial charge in [0.2, 0.25) is 0 Å². The molecule has 162 valence electrons. The second-order valence-electron chi connectivity index (χ2n) is 7.18. The number of hydrogen-bond donors (Lipinski definition) is 2. The van der Waals surface area contributed by atoms with E-state index in [0.29, 0.717) is 19.1 Å². The zero-order valence-corrected chi connectivity index (χ0v) is 20.7. The lowest BCUT2D eigenvalue weighted by Crippen LogP contribution is -2.38. The molecule has 1 aromatic rings. The first kappa shape index (κ1) is 26.9. The standard InChI is InChI=1S/C21H38N4O2.HI/c1-7-26-20(17(2)3)11-12-23-21(22-4)24-16-18-9-8-10-19(15-18)27-14-13-25(5)6;/h8-10,15,17,20H,7,11-14,16H2,1-6H3,(H2,22,23,24);1H. The summed E-state index contributed by atoms with van der Waals surface area (Å²) in [7, 11) is 5.87. The Morgan fingerprint density at radius 1 is 1.21 bits per heavy atom. The highest BCUT2D eigenvalue weighted by Gasteiger charge is 2.13. The molecule has 0 saturated heterocycles. The van der Waals surface area contributed by atoms with Gasteiger partial charge in [0.05, 0.1) is 6.10 Å². The molecule has 2 N–H and O–H groups in total. The quantitative estimate of drug-likeness (QED) is 0.259. The van der Waals surface area contributed by atoms with Crippen LogP contribution in [-0.4, -0.2) is 64.4 Å². The molecule has 1 unspecified atom stereocenters. The van der Waals surface area contributed by atoms with Crippen molar-refractivity contribution in [3.8, 4) is 5.75 Å². The van der Waals surface area contributed by atoms with Crippen LogP contribution in [0.3, 0.4) is 0 Å². The van der Waals surface area contributed by atoms with E-state index in [1.807, 2.05) is 33.2 Å². The number of nitrogens with zero attached hydrogens (tertiary/aromatic N) is 2. The number of nitrogens with one attached hydrogen (secondary N) is 2. The summed E-state index contributed by atoms with van der Waals surface area (Å²) in [5, 5.41) is 6.72. The predicted molar refractivity (Wildman–Crippen MR) is 129 cm³/mol. The maximum atomic E-state index is 5.80. The molecule has 1 aromatic carbocycles. The second-order valence-corrected chi connectivity index (χ2v) is 7.18. The molecule has 0 bridgehead atoms. The lowest BCUT2D eigenvalue weighted by molar-refractivity contribution is 0.0258. The molecule has 0 fully saturated rings. The van der Waals surface area contributed by atoms with E-state index < -0.39 is 0 Å². The van der Waals surface area contributed by atoms with E-state index >= 15 is 0 Å². The molecule has 7 heteroatoms. The second kappa shape index (κ2) is 15.8. The van der Waals surface area contributed by atoms with Crippen molar-refractivity contribution >= 4 is 29.9 Å². The molecule has 0 saturated carbocycles. The molecule has 0 radical (unpaired) electrons. The van der Waals surface area contributed by atoms with Crippen molar-refractivity contribution in [1.82, 2.24) is 15.5 Å². The molecule has 0 aliphatic carbocycles. The average Bonchev–Trinajstić information content (AvgIpc) is 2.63. The predicted octanol–water partition coefficient (Wildman–Crippen LogP) is 3.36. The van der Waals surface area contributed by atoms with Gasteiger partial charge in [0.1, 0.15) is 12.4 Å². The fourth-order valence-electron chi connectivity index (χ4n) is 2.65. The van der Waals surface area contributed by atoms with Gasteiger partial charge in [-0.25, -0.2) is 0 Å². The fourth-order valence-corrected chi connectivity index (χ4v) is 2.65. The summed E-state index contributed by atoms with van der Waals surface area (Å²) in [5.74, 6) is 2.21. The fraction of sp³-hybridized carbons (Fsp3) is 0.667. The van der Waals surface area contributed by atoms with Gasteiger partial charge < -0.3 is 25.0 Å². The van der Waals surface area contributed by atoms with Crippen molar-refractivity contribution in [2.75, 3.05) is 47.4 Å². The number of halogens is 1. The molecule has 0 heterocycles. The van der Waals surface area contributed by atoms with Gasteiger partial charge in [0.15, 0.2) is 5.96 Å². The van der Waals surface area contributed by atoms with Crippen LogP contribution in [0.4, 0.5) is 0 Å². The van der Waals surface area contributed by atoms with Crippen LogP contribution in [0.5, 0.6) is 5.75 Å². The molecule has 0 aliphatic heterocycles. The van der Waals surface area contributed by atoms with Gasteiger partial charge in [-0.05, 0) is 51.1 Å². The van der Waals surface area contributed by atoms with Crippen molar-refractivity contribution in [2.45, 2.75) is 39.8 Å². The highest BCUT2D eigenvalue weighted by Crippen LogP contribution is 2.13. The highest BCUT2D eigenvalue weighted by molar-refractivity contribution is 14.0. The Balaban J connectivity index is 0.00000729. The number of benzene rings is 1. The van der Waals surface area contributed by atoms with Crippen molar-refractivity contribution < 1.29 is 9.47 Å². The summed E-state index contributed by atoms with van der Waals surface area (Å²) in [5.41, 5.74) is 1.16. The van der Waals surface area contributed by atoms with E-state index in [1.54, 1.807) is 7.05 Å². The minimum Gasteiger partial charge on any atom is -0.492 e. The van der Waals surface area contributed by atoms with Crippen molar-refractivity contribution in [3.05, 3.63) is 29.8 Å². The molecule has 1 atom stereocenters. The van der Waals surface area contributed by atoms with Crippen LogP contribution in [0.2, 0.25) is 0 Å². The summed E-state index contributed by atoms with van der Waals surface area (Å²) in [6.07, 6.45) is 1.23. The average molecular weight is 506 g/mol. The van der Waals surface area contributed by atoms with E-state index in [0.717, 1.165) is 43.4 Å². The molecule has 28 heavy (non-hydrogen) atoms. The third-order valence-electron chi connectivity index (χ3n) is 4.23. The summed E-state index contributed by atoms with van der Waals surface area (Å²) in [6.45, 7) is 10.3. The molecular weight excluding hydrogens is 467 g/mol. The Morgan fingerprint density at radius 2 is 1.96 bits per heavy atom. The van der Waals surface area contributed by atoms with Crippen LogP contribution < -0.4 is 15.4 Å². The molecular formula is C21H39IN4O2. The van der Waals surface area contributed by atoms with Gasteiger partial charge in [-0.15, -0.1) is 24.0 Å². The van der Waals surface area contributed by atoms with Gasteiger partial charge in [-0.1, -0.05) is 26.0 Å². The lowest BCUT2D eigenvalue weighted by Gasteiger charge is -2.21. The third kappa shape index (κ3) is 11.7. The Kier molecular flexibility index (Phi) is 15.2. The zero-order chi connectivity index (χ0) is 20.1. The first-order valence-electron chi connectivity index (χ1n) is 9.88. The number of ether oxygens (including phenoxy) is 2. The van der Waals surface area contributed by atoms with Crippen LogP contribution >= 0.6 is 24.0 Å². The Bertz CT molecular complexity index is 553. The van der Waals surface area contributed by atoms with E-state index in [4.69, 9.17) is 9.47 Å². The van der Waals surface area contributed by atoms with Gasteiger partial charge in [0, 0.05) is 33.3 Å². The SMILES string of the molecule is CCOC(CCNC(=NC)NCc1cccc(OCCN(C)C)c1)C(C)C.I. The third-order valence-corrected chi connectivity index (χ3v) is 4.23. The van der Waals surface area contributed by atoms with E-state index in [-0.39, 0.29) is 30.1 Å². The highest BCUT2D eigenvalue weighted by atomic mass is 127. The number of rotatable bonds is 12. The van der Waals surface area contributed by atoms with E-state index in [1.165, 1.54) is 0 Å². The van der Waals surface area contributed by atoms with Crippen molar-refractivity contribution in [3.63, 3.8) is 0 Å². The summed E-state index contributed by atoms with van der Waals surface area (Å²) < 4.78 is 11.6. The molecule has 0 spiro atoms. The van der Waals surface area contributed by atoms with E-state index in [9.17, 15) is 0 Å². The van der Waals surface area contributed by atoms with Crippen molar-refractivity contribution in [1.29, 1.82) is 0 Å². The summed E-state index contributed by atoms with van der Waals surface area (Å²) in [6, 6.07) is 8.17. The first-order chi connectivity index (χ1) is 13.0. The molecule has 0 aliphatic rings.